The van der Waals surface area contributed by atoms with Crippen LogP contribution < -0.4 is 11.5 Å². The summed E-state index contributed by atoms with van der Waals surface area (Å²) >= 11 is 0. The summed E-state index contributed by atoms with van der Waals surface area (Å²) in [6, 6.07) is 0.301. The number of carbonyl (C=O) groups excluding carboxylic acids is 1. The molecule has 0 aromatic heterocycles. The molecule has 0 unspecified atom stereocenters. The van der Waals surface area contributed by atoms with Gasteiger partial charge in [0.15, 0.2) is 0 Å². The van der Waals surface area contributed by atoms with Gasteiger partial charge < -0.3 is 11.5 Å². The van der Waals surface area contributed by atoms with Gasteiger partial charge in [0.05, 0.1) is 0 Å². The van der Waals surface area contributed by atoms with Gasteiger partial charge in [-0.3, -0.25) is 4.79 Å². The van der Waals surface area contributed by atoms with Crippen molar-refractivity contribution in [3.05, 3.63) is 0 Å². The van der Waals surface area contributed by atoms with Gasteiger partial charge in [0, 0.05) is 12.0 Å². The van der Waals surface area contributed by atoms with Crippen molar-refractivity contribution in [2.24, 2.45) is 17.4 Å². The highest BCUT2D eigenvalue weighted by atomic mass is 16.1. The molecule has 1 aliphatic carbocycles. The molecule has 1 aliphatic rings. The summed E-state index contributed by atoms with van der Waals surface area (Å²) in [5, 5.41) is 0. The number of hydrogen-bond acceptors (Lipinski definition) is 2. The topological polar surface area (TPSA) is 69.1 Å². The van der Waals surface area contributed by atoms with Crippen molar-refractivity contribution in [3.63, 3.8) is 0 Å². The maximum absolute atomic E-state index is 10.6. The minimum Gasteiger partial charge on any atom is -0.369 e. The number of hydrogen-bond donors (Lipinski definition) is 2. The highest BCUT2D eigenvalue weighted by molar-refractivity contribution is 5.76. The second-order valence-electron chi connectivity index (χ2n) is 3.01. The van der Waals surface area contributed by atoms with Crippen molar-refractivity contribution < 1.29 is 4.79 Å². The van der Waals surface area contributed by atoms with Gasteiger partial charge in [-0.15, -0.1) is 0 Å². The lowest BCUT2D eigenvalue weighted by molar-refractivity contribution is -0.122. The zero-order valence-corrected chi connectivity index (χ0v) is 6.05. The third kappa shape index (κ3) is 1.70. The van der Waals surface area contributed by atoms with Gasteiger partial charge in [-0.1, -0.05) is 0 Å². The quantitative estimate of drug-likeness (QED) is 0.540. The second kappa shape index (κ2) is 3.01. The molecule has 0 atom stereocenters. The molecule has 3 nitrogen and oxygen atoms in total. The first-order valence-electron chi connectivity index (χ1n) is 3.75. The molecule has 0 heterocycles. The van der Waals surface area contributed by atoms with Gasteiger partial charge in [0.2, 0.25) is 5.91 Å². The molecule has 4 N–H and O–H groups in total. The van der Waals surface area contributed by atoms with E-state index in [1.54, 1.807) is 0 Å². The zero-order chi connectivity index (χ0) is 7.56. The third-order valence-electron chi connectivity index (χ3n) is 2.17. The molecule has 1 fully saturated rings. The Morgan fingerprint density at radius 2 is 1.70 bits per heavy atom. The highest BCUT2D eigenvalue weighted by Crippen LogP contribution is 2.22. The van der Waals surface area contributed by atoms with Crippen LogP contribution in [-0.2, 0) is 4.79 Å². The molecule has 0 spiro atoms. The van der Waals surface area contributed by atoms with Crippen LogP contribution in [0.4, 0.5) is 0 Å². The fourth-order valence-corrected chi connectivity index (χ4v) is 1.40. The summed E-state index contributed by atoms with van der Waals surface area (Å²) in [7, 11) is 0. The molecule has 0 radical (unpaired) electrons. The number of carbonyl (C=O) groups is 1. The molecule has 3 heteroatoms. The van der Waals surface area contributed by atoms with E-state index in [4.69, 9.17) is 11.5 Å². The highest BCUT2D eigenvalue weighted by Gasteiger charge is 2.21. The van der Waals surface area contributed by atoms with Crippen LogP contribution >= 0.6 is 0 Å². The van der Waals surface area contributed by atoms with Gasteiger partial charge in [0.1, 0.15) is 0 Å². The van der Waals surface area contributed by atoms with Crippen molar-refractivity contribution in [3.8, 4) is 0 Å². The van der Waals surface area contributed by atoms with E-state index in [-0.39, 0.29) is 11.8 Å². The summed E-state index contributed by atoms with van der Waals surface area (Å²) in [6.45, 7) is 0. The van der Waals surface area contributed by atoms with E-state index in [9.17, 15) is 4.79 Å². The van der Waals surface area contributed by atoms with Crippen molar-refractivity contribution in [2.75, 3.05) is 0 Å². The van der Waals surface area contributed by atoms with E-state index in [1.807, 2.05) is 0 Å². The van der Waals surface area contributed by atoms with E-state index in [0.29, 0.717) is 6.04 Å². The maximum atomic E-state index is 10.6. The van der Waals surface area contributed by atoms with Gasteiger partial charge in [0.25, 0.3) is 0 Å². The Morgan fingerprint density at radius 3 is 2.10 bits per heavy atom. The molecule has 58 valence electrons. The van der Waals surface area contributed by atoms with Crippen LogP contribution in [0, 0.1) is 5.92 Å². The molecular weight excluding hydrogens is 128 g/mol. The van der Waals surface area contributed by atoms with Gasteiger partial charge in [-0.25, -0.2) is 0 Å². The Hall–Kier alpha value is -0.570. The molecule has 0 aromatic rings. The fourth-order valence-electron chi connectivity index (χ4n) is 1.40. The van der Waals surface area contributed by atoms with Crippen LogP contribution in [0.25, 0.3) is 0 Å². The molecular formula is C7H14N2O. The van der Waals surface area contributed by atoms with Crippen molar-refractivity contribution in [1.82, 2.24) is 0 Å². The van der Waals surface area contributed by atoms with Crippen LogP contribution in [0.2, 0.25) is 0 Å². The van der Waals surface area contributed by atoms with Gasteiger partial charge in [-0.05, 0) is 25.7 Å². The number of rotatable bonds is 1. The monoisotopic (exact) mass is 142 g/mol. The minimum absolute atomic E-state index is 0.0970. The van der Waals surface area contributed by atoms with Crippen LogP contribution in [0.3, 0.4) is 0 Å². The van der Waals surface area contributed by atoms with E-state index in [2.05, 4.69) is 0 Å². The Balaban J connectivity index is 2.33. The maximum Gasteiger partial charge on any atom is 0.220 e. The van der Waals surface area contributed by atoms with E-state index >= 15 is 0 Å². The SMILES string of the molecule is NC(=O)[C@H]1CC[C@H](N)CC1. The number of nitrogens with two attached hydrogens (primary N) is 2. The molecule has 0 saturated heterocycles. The van der Waals surface area contributed by atoms with Crippen LogP contribution in [0.15, 0.2) is 0 Å². The van der Waals surface area contributed by atoms with Crippen molar-refractivity contribution in [2.45, 2.75) is 31.7 Å². The fraction of sp³-hybridized carbons (Fsp3) is 0.857. The summed E-state index contributed by atoms with van der Waals surface area (Å²) in [5.41, 5.74) is 10.8. The molecule has 0 bridgehead atoms. The number of primary amides is 1. The summed E-state index contributed by atoms with van der Waals surface area (Å²) in [6.07, 6.45) is 3.67. The van der Waals surface area contributed by atoms with Crippen molar-refractivity contribution in [1.29, 1.82) is 0 Å². The summed E-state index contributed by atoms with van der Waals surface area (Å²) in [4.78, 5) is 10.6. The van der Waals surface area contributed by atoms with E-state index in [1.165, 1.54) is 0 Å². The summed E-state index contributed by atoms with van der Waals surface area (Å²) < 4.78 is 0. The molecule has 0 aromatic carbocycles. The lowest BCUT2D eigenvalue weighted by Gasteiger charge is -2.23. The molecule has 1 rings (SSSR count). The Labute approximate surface area is 60.8 Å². The Morgan fingerprint density at radius 1 is 1.20 bits per heavy atom. The first-order chi connectivity index (χ1) is 4.70. The first-order valence-corrected chi connectivity index (χ1v) is 3.75. The minimum atomic E-state index is -0.160. The lowest BCUT2D eigenvalue weighted by Crippen LogP contribution is -2.32. The van der Waals surface area contributed by atoms with Crippen LogP contribution in [0.1, 0.15) is 25.7 Å². The molecule has 10 heavy (non-hydrogen) atoms. The average molecular weight is 142 g/mol. The molecule has 1 amide bonds. The smallest absolute Gasteiger partial charge is 0.220 e. The predicted octanol–water partition coefficient (Wildman–Crippen LogP) is -0.0108. The van der Waals surface area contributed by atoms with Gasteiger partial charge in [-0.2, -0.15) is 0 Å². The van der Waals surface area contributed by atoms with E-state index in [0.717, 1.165) is 25.7 Å². The lowest BCUT2D eigenvalue weighted by atomic mass is 9.86. The average Bonchev–Trinajstić information content (AvgIpc) is 1.88. The second-order valence-corrected chi connectivity index (χ2v) is 3.01. The van der Waals surface area contributed by atoms with E-state index < -0.39 is 0 Å². The summed E-state index contributed by atoms with van der Waals surface area (Å²) in [5.74, 6) is -0.0632. The largest absolute Gasteiger partial charge is 0.369 e. The number of amides is 1. The predicted molar refractivity (Wildman–Crippen MR) is 39.1 cm³/mol. The van der Waals surface area contributed by atoms with Crippen LogP contribution in [0.5, 0.6) is 0 Å². The Bertz CT molecular complexity index is 128. The standard InChI is InChI=1S/C7H14N2O/c8-6-3-1-5(2-4-6)7(9)10/h5-6H,1-4,8H2,(H2,9,10)/t5-,6-. The third-order valence-corrected chi connectivity index (χ3v) is 2.17. The zero-order valence-electron chi connectivity index (χ0n) is 6.05. The molecule has 1 saturated carbocycles. The first kappa shape index (κ1) is 7.54. The molecule has 0 aliphatic heterocycles. The Kier molecular flexibility index (Phi) is 2.27. The van der Waals surface area contributed by atoms with Gasteiger partial charge >= 0.3 is 0 Å². The normalized spacial score (nSPS) is 33.7. The van der Waals surface area contributed by atoms with Crippen LogP contribution in [-0.4, -0.2) is 11.9 Å². The van der Waals surface area contributed by atoms with Crippen molar-refractivity contribution >= 4 is 5.91 Å².